The number of amides is 1. The highest BCUT2D eigenvalue weighted by Gasteiger charge is 2.32. The van der Waals surface area contributed by atoms with E-state index < -0.39 is 11.2 Å². The maximum atomic E-state index is 12.4. The molecule has 8 heteroatoms. The number of rotatable bonds is 7. The number of nitrogens with zero attached hydrogens (tertiary/aromatic N) is 1. The molecule has 1 saturated heterocycles. The molecule has 0 unspecified atom stereocenters. The number of aromatic nitrogens is 2. The first kappa shape index (κ1) is 19.3. The Morgan fingerprint density at radius 3 is 2.74 bits per heavy atom. The number of para-hydroxylation sites is 1. The standard InChI is InChI=1S/C19H26N4O4/c1-27-13-19(7-9-20-10-8-19)12-21-16(24)6-11-23-15-5-3-2-4-14(15)17(25)22-18(23)26/h2-5,20H,6-13H2,1H3,(H,21,24)(H,22,25,26). The van der Waals surface area contributed by atoms with Crippen LogP contribution in [-0.4, -0.2) is 48.8 Å². The zero-order valence-corrected chi connectivity index (χ0v) is 15.5. The Hall–Kier alpha value is -2.45. The molecule has 2 aromatic rings. The zero-order valence-electron chi connectivity index (χ0n) is 15.5. The van der Waals surface area contributed by atoms with Gasteiger partial charge in [-0.05, 0) is 38.1 Å². The average Bonchev–Trinajstić information content (AvgIpc) is 2.67. The summed E-state index contributed by atoms with van der Waals surface area (Å²) in [5.74, 6) is -0.119. The molecule has 1 fully saturated rings. The van der Waals surface area contributed by atoms with Gasteiger partial charge in [-0.2, -0.15) is 0 Å². The fourth-order valence-corrected chi connectivity index (χ4v) is 3.69. The van der Waals surface area contributed by atoms with Gasteiger partial charge in [0.2, 0.25) is 5.91 Å². The highest BCUT2D eigenvalue weighted by Crippen LogP contribution is 2.28. The quantitative estimate of drug-likeness (QED) is 0.643. The second-order valence-electron chi connectivity index (χ2n) is 7.14. The topological polar surface area (TPSA) is 105 Å². The lowest BCUT2D eigenvalue weighted by atomic mass is 9.79. The molecule has 0 radical (unpaired) electrons. The molecule has 0 spiro atoms. The van der Waals surface area contributed by atoms with Crippen molar-refractivity contribution in [3.8, 4) is 0 Å². The summed E-state index contributed by atoms with van der Waals surface area (Å²) in [5, 5.41) is 6.75. The van der Waals surface area contributed by atoms with E-state index in [0.29, 0.717) is 24.1 Å². The lowest BCUT2D eigenvalue weighted by Crippen LogP contribution is -2.47. The fraction of sp³-hybridized carbons (Fsp3) is 0.526. The molecular formula is C19H26N4O4. The molecule has 1 aromatic heterocycles. The predicted molar refractivity (Wildman–Crippen MR) is 103 cm³/mol. The number of hydrogen-bond acceptors (Lipinski definition) is 5. The SMILES string of the molecule is COCC1(CNC(=O)CCn2c(=O)[nH]c(=O)c3ccccc32)CCNCC1. The third kappa shape index (κ3) is 4.45. The van der Waals surface area contributed by atoms with E-state index in [-0.39, 0.29) is 24.3 Å². The number of aryl methyl sites for hydroxylation is 1. The van der Waals surface area contributed by atoms with E-state index in [1.165, 1.54) is 4.57 Å². The van der Waals surface area contributed by atoms with Crippen molar-refractivity contribution < 1.29 is 9.53 Å². The van der Waals surface area contributed by atoms with Crippen LogP contribution < -0.4 is 21.9 Å². The average molecular weight is 374 g/mol. The summed E-state index contributed by atoms with van der Waals surface area (Å²) in [6, 6.07) is 6.89. The smallest absolute Gasteiger partial charge is 0.328 e. The molecule has 27 heavy (non-hydrogen) atoms. The van der Waals surface area contributed by atoms with Crippen LogP contribution in [0.15, 0.2) is 33.9 Å². The predicted octanol–water partition coefficient (Wildman–Crippen LogP) is 0.212. The van der Waals surface area contributed by atoms with Crippen LogP contribution in [0.5, 0.6) is 0 Å². The molecular weight excluding hydrogens is 348 g/mol. The lowest BCUT2D eigenvalue weighted by Gasteiger charge is -2.37. The number of methoxy groups -OCH3 is 1. The number of nitrogens with one attached hydrogen (secondary N) is 3. The second-order valence-corrected chi connectivity index (χ2v) is 7.14. The summed E-state index contributed by atoms with van der Waals surface area (Å²) in [6.07, 6.45) is 2.06. The largest absolute Gasteiger partial charge is 0.384 e. The van der Waals surface area contributed by atoms with E-state index in [0.717, 1.165) is 25.9 Å². The van der Waals surface area contributed by atoms with Crippen LogP contribution in [0.25, 0.3) is 10.9 Å². The molecule has 8 nitrogen and oxygen atoms in total. The molecule has 1 aromatic carbocycles. The van der Waals surface area contributed by atoms with Gasteiger partial charge in [0.05, 0.1) is 17.5 Å². The van der Waals surface area contributed by atoms with Gasteiger partial charge in [-0.15, -0.1) is 0 Å². The summed E-state index contributed by atoms with van der Waals surface area (Å²) in [5.41, 5.74) is -0.422. The van der Waals surface area contributed by atoms with Crippen LogP contribution in [0, 0.1) is 5.41 Å². The van der Waals surface area contributed by atoms with Crippen molar-refractivity contribution >= 4 is 16.8 Å². The summed E-state index contributed by atoms with van der Waals surface area (Å²) in [4.78, 5) is 38.7. The van der Waals surface area contributed by atoms with E-state index in [2.05, 4.69) is 15.6 Å². The van der Waals surface area contributed by atoms with E-state index in [4.69, 9.17) is 4.74 Å². The highest BCUT2D eigenvalue weighted by atomic mass is 16.5. The third-order valence-electron chi connectivity index (χ3n) is 5.24. The summed E-state index contributed by atoms with van der Waals surface area (Å²) < 4.78 is 6.80. The van der Waals surface area contributed by atoms with E-state index in [9.17, 15) is 14.4 Å². The van der Waals surface area contributed by atoms with Crippen molar-refractivity contribution in [3.63, 3.8) is 0 Å². The molecule has 1 aliphatic rings. The van der Waals surface area contributed by atoms with Gasteiger partial charge < -0.3 is 15.4 Å². The Morgan fingerprint density at radius 1 is 1.26 bits per heavy atom. The van der Waals surface area contributed by atoms with E-state index in [1.807, 2.05) is 0 Å². The first-order chi connectivity index (χ1) is 13.0. The van der Waals surface area contributed by atoms with Crippen molar-refractivity contribution in [2.75, 3.05) is 33.4 Å². The van der Waals surface area contributed by atoms with Crippen molar-refractivity contribution in [3.05, 3.63) is 45.1 Å². The Morgan fingerprint density at radius 2 is 2.00 bits per heavy atom. The van der Waals surface area contributed by atoms with Crippen LogP contribution >= 0.6 is 0 Å². The van der Waals surface area contributed by atoms with Gasteiger partial charge in [-0.3, -0.25) is 19.1 Å². The van der Waals surface area contributed by atoms with Gasteiger partial charge in [-0.1, -0.05) is 12.1 Å². The Kier molecular flexibility index (Phi) is 6.08. The molecule has 1 aliphatic heterocycles. The van der Waals surface area contributed by atoms with Crippen LogP contribution in [0.2, 0.25) is 0 Å². The number of fused-ring (bicyclic) bond motifs is 1. The number of hydrogen-bond donors (Lipinski definition) is 3. The molecule has 3 N–H and O–H groups in total. The normalized spacial score (nSPS) is 16.3. The number of piperidine rings is 1. The number of benzene rings is 1. The number of carbonyl (C=O) groups excluding carboxylic acids is 1. The number of ether oxygens (including phenoxy) is 1. The van der Waals surface area contributed by atoms with Gasteiger partial charge in [0.1, 0.15) is 0 Å². The Labute approximate surface area is 156 Å². The minimum Gasteiger partial charge on any atom is -0.384 e. The molecule has 3 rings (SSSR count). The third-order valence-corrected chi connectivity index (χ3v) is 5.24. The van der Waals surface area contributed by atoms with Gasteiger partial charge in [0.25, 0.3) is 5.56 Å². The van der Waals surface area contributed by atoms with Crippen LogP contribution in [0.4, 0.5) is 0 Å². The van der Waals surface area contributed by atoms with Gasteiger partial charge in [-0.25, -0.2) is 4.79 Å². The Balaban J connectivity index is 1.65. The molecule has 0 bridgehead atoms. The number of H-pyrrole nitrogens is 1. The first-order valence-corrected chi connectivity index (χ1v) is 9.23. The molecule has 1 amide bonds. The molecule has 0 atom stereocenters. The van der Waals surface area contributed by atoms with Crippen molar-refractivity contribution in [1.82, 2.24) is 20.2 Å². The van der Waals surface area contributed by atoms with Crippen molar-refractivity contribution in [2.45, 2.75) is 25.8 Å². The van der Waals surface area contributed by atoms with Gasteiger partial charge >= 0.3 is 5.69 Å². The minimum atomic E-state index is -0.499. The van der Waals surface area contributed by atoms with E-state index in [1.54, 1.807) is 31.4 Å². The lowest BCUT2D eigenvalue weighted by molar-refractivity contribution is -0.122. The van der Waals surface area contributed by atoms with E-state index >= 15 is 0 Å². The summed E-state index contributed by atoms with van der Waals surface area (Å²) in [6.45, 7) is 3.21. The monoisotopic (exact) mass is 374 g/mol. The van der Waals surface area contributed by atoms with Gasteiger partial charge in [0.15, 0.2) is 0 Å². The highest BCUT2D eigenvalue weighted by molar-refractivity contribution is 5.78. The first-order valence-electron chi connectivity index (χ1n) is 9.23. The van der Waals surface area contributed by atoms with Crippen molar-refractivity contribution in [2.24, 2.45) is 5.41 Å². The maximum absolute atomic E-state index is 12.4. The summed E-state index contributed by atoms with van der Waals surface area (Å²) in [7, 11) is 1.68. The molecule has 0 saturated carbocycles. The van der Waals surface area contributed by atoms with Crippen LogP contribution in [0.1, 0.15) is 19.3 Å². The zero-order chi connectivity index (χ0) is 19.3. The second kappa shape index (κ2) is 8.49. The maximum Gasteiger partial charge on any atom is 0.328 e. The minimum absolute atomic E-state index is 0.0445. The van der Waals surface area contributed by atoms with Crippen LogP contribution in [-0.2, 0) is 16.1 Å². The number of carbonyl (C=O) groups is 1. The number of aromatic amines is 1. The molecule has 0 aliphatic carbocycles. The molecule has 2 heterocycles. The summed E-state index contributed by atoms with van der Waals surface area (Å²) >= 11 is 0. The fourth-order valence-electron chi connectivity index (χ4n) is 3.69. The van der Waals surface area contributed by atoms with Gasteiger partial charge in [0, 0.05) is 32.0 Å². The molecule has 146 valence electrons. The van der Waals surface area contributed by atoms with Crippen molar-refractivity contribution in [1.29, 1.82) is 0 Å². The Bertz CT molecular complexity index is 906. The van der Waals surface area contributed by atoms with Crippen LogP contribution in [0.3, 0.4) is 0 Å².